The number of nitrogens with zero attached hydrogens (tertiary/aromatic N) is 1. The van der Waals surface area contributed by atoms with E-state index >= 15 is 0 Å². The Labute approximate surface area is 158 Å². The number of aliphatic carboxylic acids is 1. The van der Waals surface area contributed by atoms with E-state index < -0.39 is 39.5 Å². The lowest BCUT2D eigenvalue weighted by molar-refractivity contribution is -0.145. The lowest BCUT2D eigenvalue weighted by atomic mass is 10.1. The van der Waals surface area contributed by atoms with Crippen LogP contribution in [0.2, 0.25) is 18.1 Å². The van der Waals surface area contributed by atoms with Crippen molar-refractivity contribution in [3.8, 4) is 0 Å². The number of hydrogen-bond donors (Lipinski definition) is 1. The van der Waals surface area contributed by atoms with Gasteiger partial charge in [0, 0.05) is 8.39 Å². The van der Waals surface area contributed by atoms with Gasteiger partial charge in [-0.3, -0.25) is 4.90 Å². The molecule has 0 aliphatic rings. The topological polar surface area (TPSA) is 76.1 Å². The van der Waals surface area contributed by atoms with Crippen molar-refractivity contribution in [1.29, 1.82) is 0 Å². The molecule has 146 valence electrons. The van der Waals surface area contributed by atoms with Crippen molar-refractivity contribution >= 4 is 20.4 Å². The molecule has 6 nitrogen and oxygen atoms in total. The molecule has 0 aliphatic heterocycles. The molecule has 26 heavy (non-hydrogen) atoms. The standard InChI is InChI=1S/C19H31NO5Si/c1-14(25-26(6,7)19(2,3)4)16(17(21)22)20(5)18(23)24-13-15-11-9-8-10-12-15/h8-12,14,16H,13H2,1-7H3,(H,21,22)/t14-,16-/m0/s1/i5D. The lowest BCUT2D eigenvalue weighted by Crippen LogP contribution is -2.54. The van der Waals surface area contributed by atoms with Crippen molar-refractivity contribution in [2.75, 3.05) is 7.02 Å². The monoisotopic (exact) mass is 382 g/mol. The number of carbonyl (C=O) groups excluding carboxylic acids is 1. The van der Waals surface area contributed by atoms with Crippen LogP contribution in [0.1, 0.15) is 34.6 Å². The smallest absolute Gasteiger partial charge is 0.410 e. The first kappa shape index (κ1) is 20.4. The second kappa shape index (κ2) is 8.68. The molecular weight excluding hydrogens is 350 g/mol. The normalized spacial score (nSPS) is 14.9. The van der Waals surface area contributed by atoms with E-state index in [0.29, 0.717) is 0 Å². The first-order valence-electron chi connectivity index (χ1n) is 9.28. The fraction of sp³-hybridized carbons (Fsp3) is 0.579. The number of likely N-dealkylation sites (N-methyl/N-ethyl adjacent to an activating group) is 1. The zero-order chi connectivity index (χ0) is 20.8. The van der Waals surface area contributed by atoms with Crippen LogP contribution in [-0.4, -0.2) is 49.6 Å². The Bertz CT molecular complexity index is 633. The van der Waals surface area contributed by atoms with Gasteiger partial charge in [-0.1, -0.05) is 51.1 Å². The van der Waals surface area contributed by atoms with Crippen LogP contribution in [-0.2, 0) is 20.6 Å². The molecule has 1 aromatic carbocycles. The van der Waals surface area contributed by atoms with Crippen LogP contribution >= 0.6 is 0 Å². The van der Waals surface area contributed by atoms with Crippen molar-refractivity contribution in [3.05, 3.63) is 35.9 Å². The van der Waals surface area contributed by atoms with Gasteiger partial charge in [0.15, 0.2) is 14.4 Å². The van der Waals surface area contributed by atoms with Gasteiger partial charge in [-0.25, -0.2) is 9.59 Å². The van der Waals surface area contributed by atoms with Crippen LogP contribution in [0.5, 0.6) is 0 Å². The lowest BCUT2D eigenvalue weighted by Gasteiger charge is -2.40. The maximum absolute atomic E-state index is 12.4. The van der Waals surface area contributed by atoms with Gasteiger partial charge < -0.3 is 14.3 Å². The zero-order valence-electron chi connectivity index (χ0n) is 17.5. The SMILES string of the molecule is [2H]CN(C(=O)OCc1ccccc1)[C@H](C(=O)O)[C@H](C)O[Si](C)(C)C(C)(C)C. The van der Waals surface area contributed by atoms with Gasteiger partial charge in [0.1, 0.15) is 6.61 Å². The summed E-state index contributed by atoms with van der Waals surface area (Å²) < 4.78 is 19.0. The summed E-state index contributed by atoms with van der Waals surface area (Å²) in [6.07, 6.45) is -1.61. The molecule has 1 amide bonds. The number of carboxylic acid groups (broad SMARTS) is 1. The molecule has 1 aromatic rings. The molecular formula is C19H31NO5Si. The quantitative estimate of drug-likeness (QED) is 0.718. The minimum absolute atomic E-state index is 0.0139. The predicted octanol–water partition coefficient (Wildman–Crippen LogP) is 4.12. The van der Waals surface area contributed by atoms with Crippen molar-refractivity contribution in [3.63, 3.8) is 0 Å². The number of ether oxygens (including phenoxy) is 1. The number of carboxylic acids is 1. The molecule has 7 heteroatoms. The third-order valence-electron chi connectivity index (χ3n) is 4.76. The van der Waals surface area contributed by atoms with E-state index in [9.17, 15) is 14.7 Å². The highest BCUT2D eigenvalue weighted by Gasteiger charge is 2.42. The van der Waals surface area contributed by atoms with E-state index in [4.69, 9.17) is 10.5 Å². The summed E-state index contributed by atoms with van der Waals surface area (Å²) >= 11 is 0. The maximum Gasteiger partial charge on any atom is 0.410 e. The molecule has 0 radical (unpaired) electrons. The van der Waals surface area contributed by atoms with E-state index in [1.54, 1.807) is 19.1 Å². The third-order valence-corrected chi connectivity index (χ3v) is 9.33. The van der Waals surface area contributed by atoms with Crippen LogP contribution in [0.25, 0.3) is 0 Å². The number of benzene rings is 1. The van der Waals surface area contributed by atoms with Gasteiger partial charge >= 0.3 is 12.1 Å². The molecule has 0 aliphatic carbocycles. The summed E-state index contributed by atoms with van der Waals surface area (Å²) in [5.74, 6) is -1.22. The van der Waals surface area contributed by atoms with Crippen LogP contribution in [0.15, 0.2) is 30.3 Å². The summed E-state index contributed by atoms with van der Waals surface area (Å²) in [7, 11) is -2.78. The van der Waals surface area contributed by atoms with Gasteiger partial charge in [0.05, 0.1) is 6.10 Å². The van der Waals surface area contributed by atoms with Crippen molar-refractivity contribution < 1.29 is 25.2 Å². The minimum Gasteiger partial charge on any atom is -0.480 e. The molecule has 0 fully saturated rings. The van der Waals surface area contributed by atoms with E-state index in [-0.39, 0.29) is 11.6 Å². The number of rotatable bonds is 7. The fourth-order valence-electron chi connectivity index (χ4n) is 2.21. The molecule has 0 saturated heterocycles. The van der Waals surface area contributed by atoms with E-state index in [1.807, 2.05) is 31.3 Å². The van der Waals surface area contributed by atoms with Gasteiger partial charge in [-0.2, -0.15) is 0 Å². The highest BCUT2D eigenvalue weighted by atomic mass is 28.4. The molecule has 0 spiro atoms. The van der Waals surface area contributed by atoms with E-state index in [0.717, 1.165) is 10.5 Å². The largest absolute Gasteiger partial charge is 0.480 e. The highest BCUT2D eigenvalue weighted by molar-refractivity contribution is 6.74. The van der Waals surface area contributed by atoms with Crippen LogP contribution < -0.4 is 0 Å². The van der Waals surface area contributed by atoms with Crippen LogP contribution in [0, 0.1) is 0 Å². The third kappa shape index (κ3) is 5.84. The second-order valence-electron chi connectivity index (χ2n) is 7.88. The Morgan fingerprint density at radius 1 is 1.27 bits per heavy atom. The van der Waals surface area contributed by atoms with E-state index in [2.05, 4.69) is 20.8 Å². The maximum atomic E-state index is 12.4. The summed E-state index contributed by atoms with van der Waals surface area (Å²) in [6.45, 7) is 11.8. The van der Waals surface area contributed by atoms with Gasteiger partial charge in [0.25, 0.3) is 0 Å². The van der Waals surface area contributed by atoms with Crippen molar-refractivity contribution in [2.45, 2.75) is 64.6 Å². The predicted molar refractivity (Wildman–Crippen MR) is 104 cm³/mol. The van der Waals surface area contributed by atoms with Gasteiger partial charge in [-0.05, 0) is 30.6 Å². The Kier molecular flexibility index (Phi) is 6.83. The highest BCUT2D eigenvalue weighted by Crippen LogP contribution is 2.37. The number of hydrogen-bond acceptors (Lipinski definition) is 4. The summed E-state index contributed by atoms with van der Waals surface area (Å²) in [5.41, 5.74) is 0.785. The van der Waals surface area contributed by atoms with Crippen molar-refractivity contribution in [2.24, 2.45) is 0 Å². The van der Waals surface area contributed by atoms with Crippen molar-refractivity contribution in [1.82, 2.24) is 4.90 Å². The first-order chi connectivity index (χ1) is 12.4. The molecule has 0 aromatic heterocycles. The molecule has 0 saturated carbocycles. The molecule has 0 unspecified atom stereocenters. The minimum atomic E-state index is -2.24. The fourth-order valence-corrected chi connectivity index (χ4v) is 3.62. The second-order valence-corrected chi connectivity index (χ2v) is 12.6. The van der Waals surface area contributed by atoms with Gasteiger partial charge in [-0.15, -0.1) is 0 Å². The Balaban J connectivity index is 2.91. The summed E-state index contributed by atoms with van der Waals surface area (Å²) in [4.78, 5) is 25.2. The number of carbonyl (C=O) groups is 2. The molecule has 0 bridgehead atoms. The average molecular weight is 383 g/mol. The molecule has 2 atom stereocenters. The van der Waals surface area contributed by atoms with Crippen LogP contribution in [0.3, 0.4) is 0 Å². The molecule has 1 N–H and O–H groups in total. The first-order valence-corrected chi connectivity index (χ1v) is 11.5. The zero-order valence-corrected chi connectivity index (χ0v) is 17.5. The number of amides is 1. The average Bonchev–Trinajstić information content (AvgIpc) is 2.56. The molecule has 1 rings (SSSR count). The summed E-state index contributed by atoms with van der Waals surface area (Å²) in [5, 5.41) is 9.57. The van der Waals surface area contributed by atoms with Crippen LogP contribution in [0.4, 0.5) is 4.79 Å². The van der Waals surface area contributed by atoms with E-state index in [1.165, 1.54) is 0 Å². The van der Waals surface area contributed by atoms with Gasteiger partial charge in [0.2, 0.25) is 0 Å². The Hall–Kier alpha value is -1.86. The summed E-state index contributed by atoms with van der Waals surface area (Å²) in [6, 6.07) is 7.80. The molecule has 0 heterocycles. The Morgan fingerprint density at radius 3 is 2.31 bits per heavy atom. The Morgan fingerprint density at radius 2 is 1.85 bits per heavy atom.